The topological polar surface area (TPSA) is 109 Å². The SMILES string of the molecule is Cc1ccccc1S(=O)(=O)O.Cc1ccccc1S(=O)(=O)O.[Zn]. The Morgan fingerprint density at radius 1 is 0.652 bits per heavy atom. The fraction of sp³-hybridized carbons (Fsp3) is 0.143. The van der Waals surface area contributed by atoms with Crippen LogP contribution in [-0.2, 0) is 39.7 Å². The molecule has 0 saturated heterocycles. The zero-order valence-corrected chi connectivity index (χ0v) is 17.3. The van der Waals surface area contributed by atoms with Crippen LogP contribution in [-0.4, -0.2) is 25.9 Å². The van der Waals surface area contributed by atoms with Crippen LogP contribution in [0.3, 0.4) is 0 Å². The summed E-state index contributed by atoms with van der Waals surface area (Å²) < 4.78 is 59.7. The molecule has 0 bridgehead atoms. The molecule has 0 heterocycles. The maximum Gasteiger partial charge on any atom is 0.294 e. The quantitative estimate of drug-likeness (QED) is 0.582. The summed E-state index contributed by atoms with van der Waals surface area (Å²) in [5, 5.41) is 0. The van der Waals surface area contributed by atoms with Crippen LogP contribution in [0.2, 0.25) is 0 Å². The van der Waals surface area contributed by atoms with Gasteiger partial charge in [-0.25, -0.2) is 0 Å². The van der Waals surface area contributed by atoms with Gasteiger partial charge in [0.25, 0.3) is 20.2 Å². The molecule has 0 spiro atoms. The molecule has 0 aliphatic heterocycles. The average molecular weight is 410 g/mol. The zero-order valence-electron chi connectivity index (χ0n) is 12.7. The van der Waals surface area contributed by atoms with Crippen molar-refractivity contribution in [3.05, 3.63) is 59.7 Å². The van der Waals surface area contributed by atoms with Gasteiger partial charge in [-0.1, -0.05) is 36.4 Å². The standard InChI is InChI=1S/2C7H8O3S.Zn/c2*1-6-4-2-3-5-7(6)11(8,9)10;/h2*2-5H,1H3,(H,8,9,10);. The Kier molecular flexibility index (Phi) is 8.24. The molecule has 0 fully saturated rings. The van der Waals surface area contributed by atoms with Gasteiger partial charge in [0.1, 0.15) is 0 Å². The van der Waals surface area contributed by atoms with Crippen molar-refractivity contribution < 1.29 is 45.4 Å². The van der Waals surface area contributed by atoms with Crippen molar-refractivity contribution in [2.24, 2.45) is 0 Å². The van der Waals surface area contributed by atoms with Gasteiger partial charge < -0.3 is 0 Å². The number of hydrogen-bond donors (Lipinski definition) is 2. The van der Waals surface area contributed by atoms with E-state index in [1.54, 1.807) is 50.2 Å². The minimum absolute atomic E-state index is 0. The van der Waals surface area contributed by atoms with Gasteiger partial charge in [-0.3, -0.25) is 9.11 Å². The van der Waals surface area contributed by atoms with E-state index in [9.17, 15) is 16.8 Å². The fourth-order valence-electron chi connectivity index (χ4n) is 1.69. The van der Waals surface area contributed by atoms with Gasteiger partial charge in [-0.05, 0) is 37.1 Å². The van der Waals surface area contributed by atoms with E-state index in [2.05, 4.69) is 0 Å². The van der Waals surface area contributed by atoms with Gasteiger partial charge in [-0.2, -0.15) is 16.8 Å². The summed E-state index contributed by atoms with van der Waals surface area (Å²) in [6, 6.07) is 12.5. The number of benzene rings is 2. The molecule has 2 rings (SSSR count). The molecule has 0 unspecified atom stereocenters. The Morgan fingerprint density at radius 2 is 0.913 bits per heavy atom. The summed E-state index contributed by atoms with van der Waals surface area (Å²) in [7, 11) is -8.07. The number of hydrogen-bond acceptors (Lipinski definition) is 4. The molecule has 0 saturated carbocycles. The van der Waals surface area contributed by atoms with Crippen LogP contribution < -0.4 is 0 Å². The van der Waals surface area contributed by atoms with Crippen molar-refractivity contribution in [2.45, 2.75) is 23.6 Å². The number of rotatable bonds is 2. The molecule has 0 aliphatic carbocycles. The van der Waals surface area contributed by atoms with Crippen LogP contribution in [0.1, 0.15) is 11.1 Å². The van der Waals surface area contributed by atoms with Gasteiger partial charge in [0.05, 0.1) is 9.79 Å². The summed E-state index contributed by atoms with van der Waals surface area (Å²) in [4.78, 5) is -0.0556. The maximum absolute atomic E-state index is 10.6. The van der Waals surface area contributed by atoms with E-state index < -0.39 is 20.2 Å². The number of aryl methyl sites for hydroxylation is 2. The summed E-state index contributed by atoms with van der Waals surface area (Å²) in [5.41, 5.74) is 1.10. The molecule has 0 aliphatic rings. The maximum atomic E-state index is 10.6. The van der Waals surface area contributed by atoms with E-state index in [-0.39, 0.29) is 29.3 Å². The van der Waals surface area contributed by atoms with Crippen LogP contribution in [0.5, 0.6) is 0 Å². The molecule has 122 valence electrons. The molecule has 9 heteroatoms. The molecular formula is C14H16O6S2Zn. The van der Waals surface area contributed by atoms with Crippen molar-refractivity contribution in [2.75, 3.05) is 0 Å². The summed E-state index contributed by atoms with van der Waals surface area (Å²) in [6.07, 6.45) is 0. The fourth-order valence-corrected chi connectivity index (χ4v) is 3.14. The summed E-state index contributed by atoms with van der Waals surface area (Å²) in [6.45, 7) is 3.26. The molecule has 6 nitrogen and oxygen atoms in total. The van der Waals surface area contributed by atoms with Crippen molar-refractivity contribution >= 4 is 20.2 Å². The first-order valence-corrected chi connectivity index (χ1v) is 8.97. The minimum Gasteiger partial charge on any atom is -0.282 e. The first-order valence-electron chi connectivity index (χ1n) is 6.09. The van der Waals surface area contributed by atoms with Crippen molar-refractivity contribution in [3.8, 4) is 0 Å². The third-order valence-electron chi connectivity index (χ3n) is 2.74. The predicted molar refractivity (Wildman–Crippen MR) is 82.0 cm³/mol. The van der Waals surface area contributed by atoms with E-state index >= 15 is 0 Å². The van der Waals surface area contributed by atoms with E-state index in [1.165, 1.54) is 12.1 Å². The van der Waals surface area contributed by atoms with Crippen molar-refractivity contribution in [1.82, 2.24) is 0 Å². The predicted octanol–water partition coefficient (Wildman–Crippen LogP) is 2.48. The van der Waals surface area contributed by atoms with E-state index in [0.29, 0.717) is 11.1 Å². The van der Waals surface area contributed by atoms with Gasteiger partial charge in [0.15, 0.2) is 0 Å². The Bertz CT molecular complexity index is 787. The molecule has 0 amide bonds. The molecule has 2 aromatic carbocycles. The second kappa shape index (κ2) is 8.66. The van der Waals surface area contributed by atoms with Crippen molar-refractivity contribution in [3.63, 3.8) is 0 Å². The zero-order chi connectivity index (χ0) is 17.0. The molecule has 23 heavy (non-hydrogen) atoms. The Balaban J connectivity index is 0.000000403. The molecule has 2 N–H and O–H groups in total. The second-order valence-electron chi connectivity index (χ2n) is 4.48. The molecular weight excluding hydrogens is 394 g/mol. The minimum atomic E-state index is -4.03. The molecule has 0 radical (unpaired) electrons. The Morgan fingerprint density at radius 3 is 1.09 bits per heavy atom. The molecule has 0 atom stereocenters. The Labute approximate surface area is 148 Å². The van der Waals surface area contributed by atoms with Crippen molar-refractivity contribution in [1.29, 1.82) is 0 Å². The van der Waals surface area contributed by atoms with Gasteiger partial charge >= 0.3 is 0 Å². The smallest absolute Gasteiger partial charge is 0.282 e. The van der Waals surface area contributed by atoms with Gasteiger partial charge in [0, 0.05) is 19.5 Å². The van der Waals surface area contributed by atoms with E-state index in [1.807, 2.05) is 0 Å². The van der Waals surface area contributed by atoms with Crippen LogP contribution >= 0.6 is 0 Å². The molecule has 2 aromatic rings. The van der Waals surface area contributed by atoms with Crippen LogP contribution in [0.4, 0.5) is 0 Å². The molecule has 0 aromatic heterocycles. The first kappa shape index (κ1) is 21.9. The van der Waals surface area contributed by atoms with Crippen LogP contribution in [0.15, 0.2) is 58.3 Å². The first-order chi connectivity index (χ1) is 10.0. The monoisotopic (exact) mass is 408 g/mol. The van der Waals surface area contributed by atoms with Gasteiger partial charge in [0.2, 0.25) is 0 Å². The summed E-state index contributed by atoms with van der Waals surface area (Å²) in [5.74, 6) is 0. The van der Waals surface area contributed by atoms with E-state index in [4.69, 9.17) is 9.11 Å². The second-order valence-corrected chi connectivity index (χ2v) is 7.26. The normalized spacial score (nSPS) is 11.0. The Hall–Kier alpha value is -1.12. The summed E-state index contributed by atoms with van der Waals surface area (Å²) >= 11 is 0. The average Bonchev–Trinajstić information content (AvgIpc) is 2.37. The van der Waals surface area contributed by atoms with E-state index in [0.717, 1.165) is 0 Å². The van der Waals surface area contributed by atoms with Crippen LogP contribution in [0.25, 0.3) is 0 Å². The third-order valence-corrected chi connectivity index (χ3v) is 4.77. The third kappa shape index (κ3) is 6.89. The largest absolute Gasteiger partial charge is 0.294 e. The van der Waals surface area contributed by atoms with Gasteiger partial charge in [-0.15, -0.1) is 0 Å². The van der Waals surface area contributed by atoms with Crippen LogP contribution in [0, 0.1) is 13.8 Å².